The van der Waals surface area contributed by atoms with E-state index in [1.807, 2.05) is 18.2 Å². The highest BCUT2D eigenvalue weighted by atomic mass is 32.2. The summed E-state index contributed by atoms with van der Waals surface area (Å²) >= 11 is 1.30. The van der Waals surface area contributed by atoms with Gasteiger partial charge in [-0.15, -0.1) is 5.10 Å². The van der Waals surface area contributed by atoms with Crippen LogP contribution in [0.3, 0.4) is 0 Å². The van der Waals surface area contributed by atoms with Gasteiger partial charge in [-0.3, -0.25) is 4.79 Å². The molecule has 0 bridgehead atoms. The van der Waals surface area contributed by atoms with Crippen LogP contribution < -0.4 is 14.8 Å². The van der Waals surface area contributed by atoms with Crippen molar-refractivity contribution in [2.75, 3.05) is 25.5 Å². The number of H-pyrrole nitrogens is 1. The van der Waals surface area contributed by atoms with Crippen molar-refractivity contribution in [3.8, 4) is 11.5 Å². The molecule has 0 aliphatic carbocycles. The van der Waals surface area contributed by atoms with Crippen LogP contribution in [0, 0.1) is 5.82 Å². The molecule has 0 fully saturated rings. The van der Waals surface area contributed by atoms with Crippen molar-refractivity contribution in [3.63, 3.8) is 0 Å². The van der Waals surface area contributed by atoms with Gasteiger partial charge in [0.15, 0.2) is 11.5 Å². The summed E-state index contributed by atoms with van der Waals surface area (Å²) in [5.41, 5.74) is 2.62. The summed E-state index contributed by atoms with van der Waals surface area (Å²) in [6.07, 6.45) is 2.29. The summed E-state index contributed by atoms with van der Waals surface area (Å²) in [4.78, 5) is 15.6. The molecule has 7 nitrogen and oxygen atoms in total. The predicted molar refractivity (Wildman–Crippen MR) is 116 cm³/mol. The average molecular weight is 438 g/mol. The van der Waals surface area contributed by atoms with Crippen molar-refractivity contribution in [1.82, 2.24) is 20.5 Å². The van der Waals surface area contributed by atoms with Crippen molar-refractivity contribution in [2.45, 2.75) is 11.4 Å². The van der Waals surface area contributed by atoms with Gasteiger partial charge in [0, 0.05) is 22.8 Å². The summed E-state index contributed by atoms with van der Waals surface area (Å²) in [6, 6.07) is 10.4. The van der Waals surface area contributed by atoms with Crippen LogP contribution in [0.4, 0.5) is 4.39 Å². The average Bonchev–Trinajstić information content (AvgIpc) is 3.16. The first-order valence-corrected chi connectivity index (χ1v) is 10.9. The van der Waals surface area contributed by atoms with Crippen molar-refractivity contribution < 1.29 is 18.7 Å². The highest BCUT2D eigenvalue weighted by molar-refractivity contribution is 8.00. The van der Waals surface area contributed by atoms with Crippen LogP contribution in [0.1, 0.15) is 5.56 Å². The normalized spacial score (nSPS) is 12.9. The van der Waals surface area contributed by atoms with E-state index in [0.717, 1.165) is 38.9 Å². The highest BCUT2D eigenvalue weighted by Gasteiger charge is 2.14. The maximum absolute atomic E-state index is 13.6. The largest absolute Gasteiger partial charge is 0.486 e. The molecule has 0 saturated carbocycles. The highest BCUT2D eigenvalue weighted by Crippen LogP contribution is 2.31. The number of rotatable bonds is 6. The van der Waals surface area contributed by atoms with E-state index in [0.29, 0.717) is 31.2 Å². The second-order valence-electron chi connectivity index (χ2n) is 7.12. The molecule has 1 aliphatic rings. The summed E-state index contributed by atoms with van der Waals surface area (Å²) in [5, 5.41) is 13.2. The van der Waals surface area contributed by atoms with Gasteiger partial charge in [-0.25, -0.2) is 4.39 Å². The molecule has 158 valence electrons. The van der Waals surface area contributed by atoms with Crippen molar-refractivity contribution >= 4 is 39.5 Å². The van der Waals surface area contributed by atoms with Crippen LogP contribution in [0.15, 0.2) is 47.6 Å². The Morgan fingerprint density at radius 3 is 2.90 bits per heavy atom. The van der Waals surface area contributed by atoms with E-state index in [4.69, 9.17) is 9.47 Å². The zero-order valence-corrected chi connectivity index (χ0v) is 17.3. The number of benzene rings is 2. The number of fused-ring (bicyclic) bond motifs is 4. The molecule has 0 spiro atoms. The number of thioether (sulfide) groups is 1. The van der Waals surface area contributed by atoms with E-state index in [9.17, 15) is 9.18 Å². The fourth-order valence-electron chi connectivity index (χ4n) is 3.55. The summed E-state index contributed by atoms with van der Waals surface area (Å²) in [6.45, 7) is 1.62. The molecule has 2 N–H and O–H groups in total. The lowest BCUT2D eigenvalue weighted by molar-refractivity contribution is -0.118. The van der Waals surface area contributed by atoms with Gasteiger partial charge in [-0.1, -0.05) is 17.8 Å². The molecule has 31 heavy (non-hydrogen) atoms. The number of nitrogens with zero attached hydrogens (tertiary/aromatic N) is 2. The predicted octanol–water partition coefficient (Wildman–Crippen LogP) is 3.47. The lowest BCUT2D eigenvalue weighted by Crippen LogP contribution is -2.27. The topological polar surface area (TPSA) is 89.1 Å². The SMILES string of the molecule is O=C(CSc1nncc2c1[nH]c1ccc(F)cc12)NCCc1ccc2c(c1)OCCO2. The summed E-state index contributed by atoms with van der Waals surface area (Å²) in [5.74, 6) is 1.31. The number of hydrogen-bond donors (Lipinski definition) is 2. The van der Waals surface area contributed by atoms with E-state index in [-0.39, 0.29) is 17.5 Å². The summed E-state index contributed by atoms with van der Waals surface area (Å²) in [7, 11) is 0. The Bertz CT molecular complexity index is 1280. The molecule has 4 aromatic rings. The van der Waals surface area contributed by atoms with Gasteiger partial charge >= 0.3 is 0 Å². The molecule has 2 aromatic heterocycles. The van der Waals surface area contributed by atoms with Crippen LogP contribution >= 0.6 is 11.8 Å². The number of halogens is 1. The molecule has 0 radical (unpaired) electrons. The Hall–Kier alpha value is -3.33. The second-order valence-corrected chi connectivity index (χ2v) is 8.08. The molecule has 0 unspecified atom stereocenters. The van der Waals surface area contributed by atoms with E-state index < -0.39 is 0 Å². The van der Waals surface area contributed by atoms with Crippen LogP contribution in [-0.2, 0) is 11.2 Å². The lowest BCUT2D eigenvalue weighted by atomic mass is 10.1. The molecule has 1 aliphatic heterocycles. The monoisotopic (exact) mass is 438 g/mol. The Morgan fingerprint density at radius 2 is 2.00 bits per heavy atom. The minimum absolute atomic E-state index is 0.0940. The van der Waals surface area contributed by atoms with Crippen LogP contribution in [0.2, 0.25) is 0 Å². The molecule has 2 aromatic carbocycles. The Morgan fingerprint density at radius 1 is 1.13 bits per heavy atom. The Balaban J connectivity index is 1.19. The molecule has 3 heterocycles. The van der Waals surface area contributed by atoms with E-state index in [2.05, 4.69) is 20.5 Å². The number of amides is 1. The van der Waals surface area contributed by atoms with Gasteiger partial charge in [0.2, 0.25) is 5.91 Å². The number of carbonyl (C=O) groups excluding carboxylic acids is 1. The number of hydrogen-bond acceptors (Lipinski definition) is 6. The van der Waals surface area contributed by atoms with Crippen molar-refractivity contribution in [1.29, 1.82) is 0 Å². The number of aromatic nitrogens is 3. The molecule has 5 rings (SSSR count). The van der Waals surface area contributed by atoms with Gasteiger partial charge in [-0.05, 0) is 42.3 Å². The fourth-order valence-corrected chi connectivity index (χ4v) is 4.33. The number of carbonyl (C=O) groups is 1. The summed E-state index contributed by atoms with van der Waals surface area (Å²) < 4.78 is 24.7. The minimum atomic E-state index is -0.309. The first-order chi connectivity index (χ1) is 15.2. The molecule has 9 heteroatoms. The molecule has 1 amide bonds. The second kappa shape index (κ2) is 8.43. The zero-order chi connectivity index (χ0) is 21.2. The molecular formula is C22H19FN4O3S. The number of ether oxygens (including phenoxy) is 2. The first kappa shape index (κ1) is 19.6. The third-order valence-electron chi connectivity index (χ3n) is 5.03. The van der Waals surface area contributed by atoms with Gasteiger partial charge in [-0.2, -0.15) is 5.10 Å². The van der Waals surface area contributed by atoms with Crippen LogP contribution in [-0.4, -0.2) is 46.6 Å². The van der Waals surface area contributed by atoms with E-state index in [1.165, 1.54) is 23.9 Å². The van der Waals surface area contributed by atoms with Gasteiger partial charge in [0.25, 0.3) is 0 Å². The van der Waals surface area contributed by atoms with Gasteiger partial charge in [0.05, 0.1) is 17.5 Å². The third kappa shape index (κ3) is 4.13. The van der Waals surface area contributed by atoms with Gasteiger partial charge < -0.3 is 19.8 Å². The lowest BCUT2D eigenvalue weighted by Gasteiger charge is -2.18. The fraction of sp³-hybridized carbons (Fsp3) is 0.227. The van der Waals surface area contributed by atoms with Crippen molar-refractivity contribution in [3.05, 3.63) is 54.0 Å². The Kier molecular flexibility index (Phi) is 5.33. The zero-order valence-electron chi connectivity index (χ0n) is 16.5. The van der Waals surface area contributed by atoms with Gasteiger partial charge in [0.1, 0.15) is 24.1 Å². The Labute approximate surface area is 181 Å². The number of aromatic amines is 1. The minimum Gasteiger partial charge on any atom is -0.486 e. The molecule has 0 saturated heterocycles. The molecular weight excluding hydrogens is 419 g/mol. The van der Waals surface area contributed by atoms with E-state index >= 15 is 0 Å². The van der Waals surface area contributed by atoms with Crippen molar-refractivity contribution in [2.24, 2.45) is 0 Å². The number of nitrogens with one attached hydrogen (secondary N) is 2. The standard InChI is InChI=1S/C22H19FN4O3S/c23-14-2-3-17-15(10-14)16-11-25-27-22(21(16)26-17)31-12-20(28)24-6-5-13-1-4-18-19(9-13)30-8-7-29-18/h1-4,9-11,26H,5-8,12H2,(H,24,28). The van der Waals surface area contributed by atoms with Crippen LogP contribution in [0.5, 0.6) is 11.5 Å². The molecule has 0 atom stereocenters. The van der Waals surface area contributed by atoms with Crippen LogP contribution in [0.25, 0.3) is 21.8 Å². The van der Waals surface area contributed by atoms with E-state index in [1.54, 1.807) is 12.3 Å². The maximum Gasteiger partial charge on any atom is 0.230 e. The maximum atomic E-state index is 13.6. The first-order valence-electron chi connectivity index (χ1n) is 9.88. The quantitative estimate of drug-likeness (QED) is 0.448. The smallest absolute Gasteiger partial charge is 0.230 e. The third-order valence-corrected chi connectivity index (χ3v) is 6.00.